The highest BCUT2D eigenvalue weighted by molar-refractivity contribution is 5.95. The number of hydrogen-bond donors (Lipinski definition) is 1. The number of nitrogens with zero attached hydrogens (tertiary/aromatic N) is 4. The van der Waals surface area contributed by atoms with Gasteiger partial charge in [-0.15, -0.1) is 0 Å². The third kappa shape index (κ3) is 5.05. The zero-order valence-electron chi connectivity index (χ0n) is 21.2. The summed E-state index contributed by atoms with van der Waals surface area (Å²) in [6, 6.07) is 10.5. The monoisotopic (exact) mass is 475 g/mol. The van der Waals surface area contributed by atoms with Crippen molar-refractivity contribution in [2.45, 2.75) is 46.6 Å². The van der Waals surface area contributed by atoms with Crippen LogP contribution in [0.3, 0.4) is 0 Å². The number of carbonyl (C=O) groups is 1. The number of hydrogen-bond acceptors (Lipinski definition) is 5. The van der Waals surface area contributed by atoms with Crippen molar-refractivity contribution in [1.82, 2.24) is 19.8 Å². The van der Waals surface area contributed by atoms with Crippen molar-refractivity contribution >= 4 is 11.7 Å². The Kier molecular flexibility index (Phi) is 6.90. The second-order valence-corrected chi connectivity index (χ2v) is 10.0. The summed E-state index contributed by atoms with van der Waals surface area (Å²) >= 11 is 0. The minimum absolute atomic E-state index is 0.0555. The van der Waals surface area contributed by atoms with Gasteiger partial charge in [0.2, 0.25) is 0 Å². The summed E-state index contributed by atoms with van der Waals surface area (Å²) in [5.41, 5.74) is 11.1. The van der Waals surface area contributed by atoms with Crippen molar-refractivity contribution in [2.75, 3.05) is 31.9 Å². The maximum atomic E-state index is 15.4. The van der Waals surface area contributed by atoms with Crippen molar-refractivity contribution in [3.63, 3.8) is 0 Å². The average Bonchev–Trinajstić information content (AvgIpc) is 2.83. The first kappa shape index (κ1) is 24.8. The van der Waals surface area contributed by atoms with Crippen LogP contribution in [0.15, 0.2) is 42.6 Å². The van der Waals surface area contributed by atoms with Gasteiger partial charge in [0.1, 0.15) is 11.6 Å². The van der Waals surface area contributed by atoms with Crippen molar-refractivity contribution in [3.8, 4) is 22.3 Å². The van der Waals surface area contributed by atoms with E-state index in [1.807, 2.05) is 32.0 Å². The van der Waals surface area contributed by atoms with Gasteiger partial charge in [0.25, 0.3) is 5.91 Å². The number of rotatable bonds is 4. The van der Waals surface area contributed by atoms with Gasteiger partial charge in [0.05, 0.1) is 5.56 Å². The van der Waals surface area contributed by atoms with E-state index >= 15 is 4.39 Å². The van der Waals surface area contributed by atoms with E-state index < -0.39 is 5.82 Å². The van der Waals surface area contributed by atoms with Crippen LogP contribution in [0.2, 0.25) is 0 Å². The molecule has 1 saturated heterocycles. The first-order valence-corrected chi connectivity index (χ1v) is 12.2. The maximum Gasteiger partial charge on any atom is 0.256 e. The molecule has 0 bridgehead atoms. The van der Waals surface area contributed by atoms with Crippen molar-refractivity contribution in [2.24, 2.45) is 0 Å². The van der Waals surface area contributed by atoms with Crippen molar-refractivity contribution in [1.29, 1.82) is 0 Å². The molecule has 1 aliphatic heterocycles. The molecule has 3 heterocycles. The molecule has 6 nitrogen and oxygen atoms in total. The summed E-state index contributed by atoms with van der Waals surface area (Å²) in [7, 11) is 0. The lowest BCUT2D eigenvalue weighted by Crippen LogP contribution is -2.54. The SMILES string of the molecule is CCc1nccc(-c2ccc(C(=O)N3CCN(C(C)(C)C)CC3)c(F)c2)c1-c1ccc(N)nc1C. The molecule has 1 amide bonds. The molecule has 7 heteroatoms. The number of carbonyl (C=O) groups excluding carboxylic acids is 1. The Hall–Kier alpha value is -3.32. The molecule has 1 aromatic carbocycles. The Morgan fingerprint density at radius 2 is 1.77 bits per heavy atom. The predicted molar refractivity (Wildman–Crippen MR) is 139 cm³/mol. The minimum Gasteiger partial charge on any atom is -0.384 e. The molecule has 1 aliphatic rings. The van der Waals surface area contributed by atoms with Crippen LogP contribution in [-0.2, 0) is 6.42 Å². The van der Waals surface area contributed by atoms with Crippen molar-refractivity contribution < 1.29 is 9.18 Å². The lowest BCUT2D eigenvalue weighted by molar-refractivity contribution is 0.0447. The van der Waals surface area contributed by atoms with Crippen LogP contribution in [0.5, 0.6) is 0 Å². The minimum atomic E-state index is -0.515. The molecule has 1 fully saturated rings. The zero-order valence-corrected chi connectivity index (χ0v) is 21.2. The second-order valence-electron chi connectivity index (χ2n) is 10.0. The van der Waals surface area contributed by atoms with Crippen LogP contribution in [0.1, 0.15) is 49.4 Å². The molecule has 3 aromatic rings. The Balaban J connectivity index is 1.66. The second kappa shape index (κ2) is 9.74. The number of anilines is 1. The number of halogens is 1. The predicted octanol–water partition coefficient (Wildman–Crippen LogP) is 4.96. The summed E-state index contributed by atoms with van der Waals surface area (Å²) in [5, 5.41) is 0. The van der Waals surface area contributed by atoms with Gasteiger partial charge in [-0.3, -0.25) is 14.7 Å². The van der Waals surface area contributed by atoms with Gasteiger partial charge in [0, 0.05) is 60.4 Å². The lowest BCUT2D eigenvalue weighted by Gasteiger charge is -2.42. The van der Waals surface area contributed by atoms with Crippen LogP contribution < -0.4 is 5.73 Å². The summed E-state index contributed by atoms with van der Waals surface area (Å²) in [6.45, 7) is 13.2. The van der Waals surface area contributed by atoms with Gasteiger partial charge >= 0.3 is 0 Å². The van der Waals surface area contributed by atoms with Crippen molar-refractivity contribution in [3.05, 3.63) is 65.4 Å². The first-order valence-electron chi connectivity index (χ1n) is 12.2. The van der Waals surface area contributed by atoms with Crippen LogP contribution in [-0.4, -0.2) is 57.4 Å². The van der Waals surface area contributed by atoms with E-state index in [-0.39, 0.29) is 17.0 Å². The molecule has 2 aromatic heterocycles. The van der Waals surface area contributed by atoms with E-state index in [9.17, 15) is 4.79 Å². The van der Waals surface area contributed by atoms with Gasteiger partial charge in [-0.2, -0.15) is 0 Å². The summed E-state index contributed by atoms with van der Waals surface area (Å²) in [6.07, 6.45) is 2.45. The molecule has 0 radical (unpaired) electrons. The maximum absolute atomic E-state index is 15.4. The topological polar surface area (TPSA) is 75.4 Å². The number of pyridine rings is 2. The largest absolute Gasteiger partial charge is 0.384 e. The number of amides is 1. The fraction of sp³-hybridized carbons (Fsp3) is 0.393. The van der Waals surface area contributed by atoms with E-state index in [0.717, 1.165) is 41.2 Å². The number of aryl methyl sites for hydroxylation is 2. The third-order valence-corrected chi connectivity index (χ3v) is 6.77. The molecule has 0 spiro atoms. The van der Waals surface area contributed by atoms with E-state index in [1.54, 1.807) is 23.2 Å². The highest BCUT2D eigenvalue weighted by Gasteiger charge is 2.29. The standard InChI is InChI=1S/C28H34FN5O/c1-6-24-26(20-9-10-25(30)32-18(20)2)21(11-12-31-24)19-7-8-22(23(29)17-19)27(35)33-13-15-34(16-14-33)28(3,4)5/h7-12,17H,6,13-16H2,1-5H3,(H2,30,32). The molecule has 35 heavy (non-hydrogen) atoms. The molecule has 184 valence electrons. The number of piperazine rings is 1. The summed E-state index contributed by atoms with van der Waals surface area (Å²) in [4.78, 5) is 26.2. The number of nitrogens with two attached hydrogens (primary N) is 1. The van der Waals surface area contributed by atoms with Crippen LogP contribution >= 0.6 is 0 Å². The third-order valence-electron chi connectivity index (χ3n) is 6.77. The van der Waals surface area contributed by atoms with E-state index in [1.165, 1.54) is 6.07 Å². The molecular weight excluding hydrogens is 441 g/mol. The Morgan fingerprint density at radius 1 is 1.06 bits per heavy atom. The molecule has 0 atom stereocenters. The quantitative estimate of drug-likeness (QED) is 0.577. The average molecular weight is 476 g/mol. The van der Waals surface area contributed by atoms with Crippen LogP contribution in [0.4, 0.5) is 10.2 Å². The van der Waals surface area contributed by atoms with E-state index in [2.05, 4.69) is 35.6 Å². The Bertz CT molecular complexity index is 1240. The van der Waals surface area contributed by atoms with Gasteiger partial charge in [-0.05, 0) is 75.6 Å². The molecule has 2 N–H and O–H groups in total. The first-order chi connectivity index (χ1) is 16.6. The molecule has 0 unspecified atom stereocenters. The van der Waals surface area contributed by atoms with Gasteiger partial charge in [-0.25, -0.2) is 9.37 Å². The normalized spacial score (nSPS) is 14.9. The van der Waals surface area contributed by atoms with E-state index in [4.69, 9.17) is 5.73 Å². The molecular formula is C28H34FN5O. The van der Waals surface area contributed by atoms with Crippen LogP contribution in [0.25, 0.3) is 22.3 Å². The number of benzene rings is 1. The molecule has 0 saturated carbocycles. The smallest absolute Gasteiger partial charge is 0.256 e. The summed E-state index contributed by atoms with van der Waals surface area (Å²) < 4.78 is 15.4. The van der Waals surface area contributed by atoms with Crippen LogP contribution in [0, 0.1) is 12.7 Å². The van der Waals surface area contributed by atoms with Gasteiger partial charge in [-0.1, -0.05) is 13.0 Å². The number of aromatic nitrogens is 2. The Morgan fingerprint density at radius 3 is 2.37 bits per heavy atom. The fourth-order valence-electron chi connectivity index (χ4n) is 4.77. The van der Waals surface area contributed by atoms with Gasteiger partial charge in [0.15, 0.2) is 0 Å². The summed E-state index contributed by atoms with van der Waals surface area (Å²) in [5.74, 6) is -0.323. The molecule has 4 rings (SSSR count). The van der Waals surface area contributed by atoms with E-state index in [0.29, 0.717) is 30.9 Å². The lowest BCUT2D eigenvalue weighted by atomic mass is 9.91. The fourth-order valence-corrected chi connectivity index (χ4v) is 4.77. The van der Waals surface area contributed by atoms with Gasteiger partial charge < -0.3 is 10.6 Å². The molecule has 0 aliphatic carbocycles. The Labute approximate surface area is 207 Å². The zero-order chi connectivity index (χ0) is 25.3. The number of nitrogen functional groups attached to an aromatic ring is 1. The highest BCUT2D eigenvalue weighted by Crippen LogP contribution is 2.36. The highest BCUT2D eigenvalue weighted by atomic mass is 19.1.